The molecule has 2 aliphatic heterocycles. The molecule has 3 rings (SSSR count). The van der Waals surface area contributed by atoms with Crippen molar-refractivity contribution in [3.05, 3.63) is 0 Å². The minimum absolute atomic E-state index is 0.626. The summed E-state index contributed by atoms with van der Waals surface area (Å²) in [6.07, 6.45) is 4.30. The molecule has 2 heterocycles. The molecular formula is C9H16N2. The quantitative estimate of drug-likeness (QED) is 0.542. The lowest BCUT2D eigenvalue weighted by atomic mass is 9.99. The lowest BCUT2D eigenvalue weighted by molar-refractivity contribution is 0.261. The third-order valence-corrected chi connectivity index (χ3v) is 3.96. The van der Waals surface area contributed by atoms with E-state index in [0.717, 1.165) is 12.0 Å². The number of likely N-dealkylation sites (N-methyl/N-ethyl adjacent to an activating group) is 1. The second-order valence-corrected chi connectivity index (χ2v) is 4.46. The van der Waals surface area contributed by atoms with Crippen LogP contribution in [0.1, 0.15) is 19.3 Å². The summed E-state index contributed by atoms with van der Waals surface area (Å²) >= 11 is 0. The van der Waals surface area contributed by atoms with Gasteiger partial charge in [-0.2, -0.15) is 0 Å². The Hall–Kier alpha value is -0.0800. The van der Waals surface area contributed by atoms with Crippen LogP contribution in [-0.4, -0.2) is 36.6 Å². The predicted octanol–water partition coefficient (Wildman–Crippen LogP) is 0.442. The van der Waals surface area contributed by atoms with E-state index >= 15 is 0 Å². The van der Waals surface area contributed by atoms with Gasteiger partial charge in [0.1, 0.15) is 0 Å². The molecule has 2 nitrogen and oxygen atoms in total. The topological polar surface area (TPSA) is 15.3 Å². The van der Waals surface area contributed by atoms with E-state index in [1.54, 1.807) is 0 Å². The van der Waals surface area contributed by atoms with Gasteiger partial charge in [0.2, 0.25) is 0 Å². The third kappa shape index (κ3) is 0.651. The summed E-state index contributed by atoms with van der Waals surface area (Å²) in [6, 6.07) is 0.854. The average Bonchev–Trinajstić information content (AvgIpc) is 2.61. The Morgan fingerprint density at radius 1 is 1.45 bits per heavy atom. The fourth-order valence-corrected chi connectivity index (χ4v) is 3.17. The highest BCUT2D eigenvalue weighted by atomic mass is 15.3. The zero-order chi connectivity index (χ0) is 7.47. The van der Waals surface area contributed by atoms with E-state index in [2.05, 4.69) is 17.3 Å². The largest absolute Gasteiger partial charge is 0.312 e. The molecule has 1 saturated carbocycles. The van der Waals surface area contributed by atoms with Crippen molar-refractivity contribution in [2.75, 3.05) is 20.1 Å². The van der Waals surface area contributed by atoms with Crippen LogP contribution in [0.2, 0.25) is 0 Å². The van der Waals surface area contributed by atoms with E-state index < -0.39 is 0 Å². The lowest BCUT2D eigenvalue weighted by Gasteiger charge is -2.23. The standard InChI is InChI=1S/C9H16N2/c1-11-6-7-2-5-10-8(7)9(11)3-4-9/h7-8,10H,2-6H2,1H3. The molecule has 3 fully saturated rings. The van der Waals surface area contributed by atoms with Gasteiger partial charge < -0.3 is 5.32 Å². The highest BCUT2D eigenvalue weighted by molar-refractivity contribution is 5.19. The first-order valence-electron chi connectivity index (χ1n) is 4.77. The third-order valence-electron chi connectivity index (χ3n) is 3.96. The van der Waals surface area contributed by atoms with Crippen LogP contribution in [0.3, 0.4) is 0 Å². The number of rotatable bonds is 0. The van der Waals surface area contributed by atoms with Gasteiger partial charge in [0.25, 0.3) is 0 Å². The summed E-state index contributed by atoms with van der Waals surface area (Å²) in [4.78, 5) is 2.59. The number of hydrogen-bond donors (Lipinski definition) is 1. The molecule has 0 amide bonds. The summed E-state index contributed by atoms with van der Waals surface area (Å²) in [5.41, 5.74) is 0.626. The van der Waals surface area contributed by atoms with Gasteiger partial charge in [0.05, 0.1) is 0 Å². The molecule has 2 heteroatoms. The monoisotopic (exact) mass is 152 g/mol. The molecule has 2 unspecified atom stereocenters. The first kappa shape index (κ1) is 6.44. The van der Waals surface area contributed by atoms with Gasteiger partial charge in [-0.3, -0.25) is 4.90 Å². The van der Waals surface area contributed by atoms with Crippen LogP contribution in [0.5, 0.6) is 0 Å². The van der Waals surface area contributed by atoms with E-state index in [1.807, 2.05) is 0 Å². The zero-order valence-electron chi connectivity index (χ0n) is 7.14. The first-order valence-corrected chi connectivity index (χ1v) is 4.77. The molecule has 2 saturated heterocycles. The summed E-state index contributed by atoms with van der Waals surface area (Å²) in [7, 11) is 2.30. The summed E-state index contributed by atoms with van der Waals surface area (Å²) in [6.45, 7) is 2.61. The Morgan fingerprint density at radius 3 is 3.00 bits per heavy atom. The van der Waals surface area contributed by atoms with E-state index in [4.69, 9.17) is 0 Å². The lowest BCUT2D eigenvalue weighted by Crippen LogP contribution is -2.41. The van der Waals surface area contributed by atoms with E-state index in [0.29, 0.717) is 5.54 Å². The molecule has 62 valence electrons. The summed E-state index contributed by atoms with van der Waals surface area (Å²) in [5, 5.41) is 3.66. The van der Waals surface area contributed by atoms with Crippen LogP contribution < -0.4 is 5.32 Å². The maximum absolute atomic E-state index is 3.66. The Kier molecular flexibility index (Phi) is 1.06. The summed E-state index contributed by atoms with van der Waals surface area (Å²) in [5.74, 6) is 0.975. The molecule has 0 bridgehead atoms. The van der Waals surface area contributed by atoms with Crippen molar-refractivity contribution in [1.82, 2.24) is 10.2 Å². The van der Waals surface area contributed by atoms with E-state index in [9.17, 15) is 0 Å². The maximum Gasteiger partial charge on any atom is 0.0364 e. The van der Waals surface area contributed by atoms with Crippen molar-refractivity contribution in [2.45, 2.75) is 30.8 Å². The van der Waals surface area contributed by atoms with Crippen LogP contribution in [0.4, 0.5) is 0 Å². The second kappa shape index (κ2) is 1.80. The first-order chi connectivity index (χ1) is 5.33. The predicted molar refractivity (Wildman–Crippen MR) is 44.5 cm³/mol. The summed E-state index contributed by atoms with van der Waals surface area (Å²) < 4.78 is 0. The van der Waals surface area contributed by atoms with Crippen LogP contribution >= 0.6 is 0 Å². The van der Waals surface area contributed by atoms with Crippen LogP contribution in [0.15, 0.2) is 0 Å². The zero-order valence-corrected chi connectivity index (χ0v) is 7.14. The second-order valence-electron chi connectivity index (χ2n) is 4.46. The van der Waals surface area contributed by atoms with E-state index in [-0.39, 0.29) is 0 Å². The molecule has 0 aromatic heterocycles. The Morgan fingerprint density at radius 2 is 2.27 bits per heavy atom. The molecule has 2 atom stereocenters. The Bertz CT molecular complexity index is 186. The van der Waals surface area contributed by atoms with Crippen LogP contribution in [0.25, 0.3) is 0 Å². The normalized spacial score (nSPS) is 46.6. The number of hydrogen-bond acceptors (Lipinski definition) is 2. The van der Waals surface area contributed by atoms with Gasteiger partial charge in [-0.1, -0.05) is 0 Å². The molecule has 0 aromatic carbocycles. The number of nitrogens with one attached hydrogen (secondary N) is 1. The van der Waals surface area contributed by atoms with Crippen molar-refractivity contribution in [3.8, 4) is 0 Å². The molecule has 0 radical (unpaired) electrons. The van der Waals surface area contributed by atoms with Gasteiger partial charge in [0, 0.05) is 18.1 Å². The van der Waals surface area contributed by atoms with Gasteiger partial charge in [-0.05, 0) is 38.8 Å². The highest BCUT2D eigenvalue weighted by Gasteiger charge is 2.60. The number of nitrogens with zero attached hydrogens (tertiary/aromatic N) is 1. The van der Waals surface area contributed by atoms with Crippen molar-refractivity contribution in [3.63, 3.8) is 0 Å². The minimum atomic E-state index is 0.626. The van der Waals surface area contributed by atoms with Gasteiger partial charge in [-0.25, -0.2) is 0 Å². The number of likely N-dealkylation sites (tertiary alicyclic amines) is 1. The maximum atomic E-state index is 3.66. The Balaban J connectivity index is 1.92. The van der Waals surface area contributed by atoms with Crippen LogP contribution in [0, 0.1) is 5.92 Å². The number of fused-ring (bicyclic) bond motifs is 2. The van der Waals surface area contributed by atoms with Gasteiger partial charge in [0.15, 0.2) is 0 Å². The van der Waals surface area contributed by atoms with Gasteiger partial charge >= 0.3 is 0 Å². The SMILES string of the molecule is CN1CC2CCNC2C12CC2. The highest BCUT2D eigenvalue weighted by Crippen LogP contribution is 2.52. The Labute approximate surface area is 68.0 Å². The minimum Gasteiger partial charge on any atom is -0.312 e. The van der Waals surface area contributed by atoms with Crippen molar-refractivity contribution in [2.24, 2.45) is 5.92 Å². The fraction of sp³-hybridized carbons (Fsp3) is 1.00. The molecule has 1 aliphatic carbocycles. The van der Waals surface area contributed by atoms with Gasteiger partial charge in [-0.15, -0.1) is 0 Å². The molecule has 1 spiro atoms. The van der Waals surface area contributed by atoms with Crippen molar-refractivity contribution in [1.29, 1.82) is 0 Å². The molecule has 3 aliphatic rings. The fourth-order valence-electron chi connectivity index (χ4n) is 3.17. The smallest absolute Gasteiger partial charge is 0.0364 e. The molecule has 1 N–H and O–H groups in total. The van der Waals surface area contributed by atoms with E-state index in [1.165, 1.54) is 32.4 Å². The molecule has 0 aromatic rings. The van der Waals surface area contributed by atoms with Crippen molar-refractivity contribution < 1.29 is 0 Å². The molecular weight excluding hydrogens is 136 g/mol. The molecule has 11 heavy (non-hydrogen) atoms. The van der Waals surface area contributed by atoms with Crippen LogP contribution in [-0.2, 0) is 0 Å². The van der Waals surface area contributed by atoms with Crippen molar-refractivity contribution >= 4 is 0 Å². The average molecular weight is 152 g/mol.